The van der Waals surface area contributed by atoms with Crippen LogP contribution >= 0.6 is 15.9 Å². The lowest BCUT2D eigenvalue weighted by Gasteiger charge is -2.09. The van der Waals surface area contributed by atoms with Gasteiger partial charge >= 0.3 is 0 Å². The Labute approximate surface area is 112 Å². The second-order valence-electron chi connectivity index (χ2n) is 3.70. The molecule has 2 N–H and O–H groups in total. The smallest absolute Gasteiger partial charge is 0.131 e. The van der Waals surface area contributed by atoms with Gasteiger partial charge in [0.1, 0.15) is 24.0 Å². The van der Waals surface area contributed by atoms with Crippen molar-refractivity contribution in [3.05, 3.63) is 58.1 Å². The van der Waals surface area contributed by atoms with Gasteiger partial charge in [-0.3, -0.25) is 0 Å². The first-order valence-corrected chi connectivity index (χ1v) is 5.97. The van der Waals surface area contributed by atoms with Gasteiger partial charge in [-0.25, -0.2) is 8.78 Å². The minimum absolute atomic E-state index is 0.0472. The number of halogens is 3. The van der Waals surface area contributed by atoms with Crippen molar-refractivity contribution in [3.8, 4) is 5.75 Å². The molecule has 0 aliphatic heterocycles. The van der Waals surface area contributed by atoms with E-state index < -0.39 is 11.6 Å². The number of anilines is 1. The van der Waals surface area contributed by atoms with Crippen LogP contribution in [0.3, 0.4) is 0 Å². The molecule has 0 saturated carbocycles. The molecule has 0 aliphatic carbocycles. The second-order valence-corrected chi connectivity index (χ2v) is 4.62. The second kappa shape index (κ2) is 5.35. The lowest BCUT2D eigenvalue weighted by Crippen LogP contribution is -2.03. The summed E-state index contributed by atoms with van der Waals surface area (Å²) in [6.45, 7) is -0.0472. The standard InChI is InChI=1S/C13H10BrF2NO/c14-8-4-9(15)6-10(5-8)18-7-11-12(16)2-1-3-13(11)17/h1-6H,7,17H2. The van der Waals surface area contributed by atoms with Gasteiger partial charge in [0.2, 0.25) is 0 Å². The van der Waals surface area contributed by atoms with Gasteiger partial charge in [0.15, 0.2) is 0 Å². The third-order valence-corrected chi connectivity index (χ3v) is 2.83. The van der Waals surface area contributed by atoms with E-state index in [1.807, 2.05) is 0 Å². The van der Waals surface area contributed by atoms with Gasteiger partial charge in [0.25, 0.3) is 0 Å². The molecule has 2 aromatic rings. The van der Waals surface area contributed by atoms with Crippen molar-refractivity contribution in [2.24, 2.45) is 0 Å². The minimum atomic E-state index is -0.439. The Morgan fingerprint density at radius 3 is 2.61 bits per heavy atom. The first kappa shape index (κ1) is 12.8. The average molecular weight is 314 g/mol. The largest absolute Gasteiger partial charge is 0.489 e. The number of nitrogen functional groups attached to an aromatic ring is 1. The highest BCUT2D eigenvalue weighted by molar-refractivity contribution is 9.10. The molecule has 0 spiro atoms. The molecule has 94 valence electrons. The Morgan fingerprint density at radius 2 is 1.94 bits per heavy atom. The van der Waals surface area contributed by atoms with Gasteiger partial charge in [0, 0.05) is 21.8 Å². The zero-order valence-corrected chi connectivity index (χ0v) is 10.9. The van der Waals surface area contributed by atoms with Crippen molar-refractivity contribution < 1.29 is 13.5 Å². The Hall–Kier alpha value is -1.62. The fourth-order valence-electron chi connectivity index (χ4n) is 1.49. The zero-order valence-electron chi connectivity index (χ0n) is 9.29. The van der Waals surface area contributed by atoms with Crippen LogP contribution in [0.2, 0.25) is 0 Å². The van der Waals surface area contributed by atoms with Crippen molar-refractivity contribution in [3.63, 3.8) is 0 Å². The Balaban J connectivity index is 2.16. The van der Waals surface area contributed by atoms with Crippen molar-refractivity contribution in [2.45, 2.75) is 6.61 Å². The summed E-state index contributed by atoms with van der Waals surface area (Å²) in [4.78, 5) is 0. The normalized spacial score (nSPS) is 10.4. The molecule has 18 heavy (non-hydrogen) atoms. The summed E-state index contributed by atoms with van der Waals surface area (Å²) in [5, 5.41) is 0. The molecule has 0 unspecified atom stereocenters. The summed E-state index contributed by atoms with van der Waals surface area (Å²) in [5.74, 6) is -0.559. The molecule has 0 amide bonds. The molecule has 0 heterocycles. The third kappa shape index (κ3) is 2.98. The highest BCUT2D eigenvalue weighted by Crippen LogP contribution is 2.23. The number of benzene rings is 2. The molecule has 0 radical (unpaired) electrons. The third-order valence-electron chi connectivity index (χ3n) is 2.37. The van der Waals surface area contributed by atoms with E-state index >= 15 is 0 Å². The molecule has 0 aromatic heterocycles. The van der Waals surface area contributed by atoms with Gasteiger partial charge in [-0.05, 0) is 24.3 Å². The molecular formula is C13H10BrF2NO. The molecule has 0 aliphatic rings. The van der Waals surface area contributed by atoms with E-state index in [9.17, 15) is 8.78 Å². The van der Waals surface area contributed by atoms with E-state index in [-0.39, 0.29) is 12.2 Å². The maximum atomic E-state index is 13.5. The highest BCUT2D eigenvalue weighted by Gasteiger charge is 2.07. The molecule has 0 saturated heterocycles. The molecule has 0 bridgehead atoms. The predicted molar refractivity (Wildman–Crippen MR) is 69.2 cm³/mol. The SMILES string of the molecule is Nc1cccc(F)c1COc1cc(F)cc(Br)c1. The van der Waals surface area contributed by atoms with Crippen LogP contribution in [0, 0.1) is 11.6 Å². The summed E-state index contributed by atoms with van der Waals surface area (Å²) in [7, 11) is 0. The van der Waals surface area contributed by atoms with Gasteiger partial charge in [-0.2, -0.15) is 0 Å². The van der Waals surface area contributed by atoms with Crippen molar-refractivity contribution in [1.82, 2.24) is 0 Å². The maximum Gasteiger partial charge on any atom is 0.131 e. The number of rotatable bonds is 3. The first-order chi connectivity index (χ1) is 8.56. The first-order valence-electron chi connectivity index (χ1n) is 5.18. The Bertz CT molecular complexity index is 534. The van der Waals surface area contributed by atoms with Gasteiger partial charge in [-0.15, -0.1) is 0 Å². The van der Waals surface area contributed by atoms with Gasteiger partial charge in [0.05, 0.1) is 0 Å². The summed E-state index contributed by atoms with van der Waals surface area (Å²) in [6, 6.07) is 8.54. The summed E-state index contributed by atoms with van der Waals surface area (Å²) in [6.07, 6.45) is 0. The van der Waals surface area contributed by atoms with E-state index in [4.69, 9.17) is 10.5 Å². The number of hydrogen-bond donors (Lipinski definition) is 1. The lowest BCUT2D eigenvalue weighted by molar-refractivity contribution is 0.299. The van der Waals surface area contributed by atoms with Crippen LogP contribution < -0.4 is 10.5 Å². The fraction of sp³-hybridized carbons (Fsp3) is 0.0769. The molecule has 5 heteroatoms. The Kier molecular flexibility index (Phi) is 3.81. The summed E-state index contributed by atoms with van der Waals surface area (Å²) in [5.41, 5.74) is 6.21. The van der Waals surface area contributed by atoms with Gasteiger partial charge in [-0.1, -0.05) is 22.0 Å². The number of hydrogen-bond acceptors (Lipinski definition) is 2. The van der Waals surface area contributed by atoms with E-state index in [1.54, 1.807) is 12.1 Å². The van der Waals surface area contributed by atoms with Crippen molar-refractivity contribution in [2.75, 3.05) is 5.73 Å². The quantitative estimate of drug-likeness (QED) is 0.873. The average Bonchev–Trinajstić information content (AvgIpc) is 2.27. The van der Waals surface area contributed by atoms with Gasteiger partial charge < -0.3 is 10.5 Å². The molecule has 0 atom stereocenters. The molecule has 0 fully saturated rings. The van der Waals surface area contributed by atoms with E-state index in [1.165, 1.54) is 24.3 Å². The zero-order chi connectivity index (χ0) is 13.1. The summed E-state index contributed by atoms with van der Waals surface area (Å²) < 4.78 is 32.5. The van der Waals surface area contributed by atoms with Crippen LogP contribution in [0.25, 0.3) is 0 Å². The van der Waals surface area contributed by atoms with Crippen LogP contribution in [-0.4, -0.2) is 0 Å². The number of nitrogens with two attached hydrogens (primary N) is 1. The van der Waals surface area contributed by atoms with E-state index in [0.717, 1.165) is 0 Å². The van der Waals surface area contributed by atoms with Crippen molar-refractivity contribution >= 4 is 21.6 Å². The monoisotopic (exact) mass is 313 g/mol. The maximum absolute atomic E-state index is 13.5. The topological polar surface area (TPSA) is 35.2 Å². The lowest BCUT2D eigenvalue weighted by atomic mass is 10.2. The molecule has 2 nitrogen and oxygen atoms in total. The summed E-state index contributed by atoms with van der Waals surface area (Å²) >= 11 is 3.15. The van der Waals surface area contributed by atoms with E-state index in [2.05, 4.69) is 15.9 Å². The van der Waals surface area contributed by atoms with Crippen LogP contribution in [-0.2, 0) is 6.61 Å². The van der Waals surface area contributed by atoms with Crippen LogP contribution in [0.4, 0.5) is 14.5 Å². The molecular weight excluding hydrogens is 304 g/mol. The molecule has 2 aromatic carbocycles. The van der Waals surface area contributed by atoms with Crippen LogP contribution in [0.5, 0.6) is 5.75 Å². The van der Waals surface area contributed by atoms with Crippen molar-refractivity contribution in [1.29, 1.82) is 0 Å². The Morgan fingerprint density at radius 1 is 1.17 bits per heavy atom. The molecule has 2 rings (SSSR count). The number of ether oxygens (including phenoxy) is 1. The van der Waals surface area contributed by atoms with Crippen LogP contribution in [0.1, 0.15) is 5.56 Å². The highest BCUT2D eigenvalue weighted by atomic mass is 79.9. The van der Waals surface area contributed by atoms with E-state index in [0.29, 0.717) is 15.9 Å². The minimum Gasteiger partial charge on any atom is -0.489 e. The van der Waals surface area contributed by atoms with Crippen LogP contribution in [0.15, 0.2) is 40.9 Å². The predicted octanol–water partition coefficient (Wildman–Crippen LogP) is 3.89. The fourth-order valence-corrected chi connectivity index (χ4v) is 1.94.